The Kier molecular flexibility index (Phi) is 4.13. The van der Waals surface area contributed by atoms with Gasteiger partial charge < -0.3 is 13.9 Å². The molecule has 0 amide bonds. The molecule has 0 aromatic carbocycles. The Balaban J connectivity index is 2.06. The summed E-state index contributed by atoms with van der Waals surface area (Å²) in [5, 5.41) is 10.5. The lowest BCUT2D eigenvalue weighted by Crippen LogP contribution is -2.49. The number of methoxy groups -OCH3 is 1. The highest BCUT2D eigenvalue weighted by molar-refractivity contribution is 5.75. The number of morpholine rings is 1. The van der Waals surface area contributed by atoms with Crippen LogP contribution < -0.4 is 0 Å². The van der Waals surface area contributed by atoms with Crippen molar-refractivity contribution in [1.82, 2.24) is 4.90 Å². The van der Waals surface area contributed by atoms with Crippen molar-refractivity contribution in [2.24, 2.45) is 0 Å². The molecule has 8 nitrogen and oxygen atoms in total. The third kappa shape index (κ3) is 3.09. The highest BCUT2D eigenvalue weighted by Gasteiger charge is 2.31. The van der Waals surface area contributed by atoms with Gasteiger partial charge >= 0.3 is 11.9 Å². The smallest absolute Gasteiger partial charge is 0.433 e. The van der Waals surface area contributed by atoms with Gasteiger partial charge in [-0.2, -0.15) is 0 Å². The van der Waals surface area contributed by atoms with E-state index in [9.17, 15) is 14.9 Å². The number of carbonyl (C=O) groups is 1. The number of hydrogen-bond acceptors (Lipinski definition) is 7. The van der Waals surface area contributed by atoms with Crippen LogP contribution in [0.3, 0.4) is 0 Å². The highest BCUT2D eigenvalue weighted by Crippen LogP contribution is 2.19. The second kappa shape index (κ2) is 5.81. The van der Waals surface area contributed by atoms with Crippen LogP contribution in [0.5, 0.6) is 0 Å². The summed E-state index contributed by atoms with van der Waals surface area (Å²) in [5.74, 6) is -0.263. The van der Waals surface area contributed by atoms with E-state index in [1.54, 1.807) is 0 Å². The van der Waals surface area contributed by atoms with Gasteiger partial charge in [0.15, 0.2) is 0 Å². The first-order chi connectivity index (χ1) is 9.11. The van der Waals surface area contributed by atoms with Gasteiger partial charge in [-0.3, -0.25) is 19.8 Å². The number of carbonyl (C=O) groups excluding carboxylic acids is 1. The van der Waals surface area contributed by atoms with Crippen LogP contribution in [-0.2, 0) is 20.8 Å². The number of hydrogen-bond donors (Lipinski definition) is 0. The third-order valence-electron chi connectivity index (χ3n) is 2.90. The number of furan rings is 1. The summed E-state index contributed by atoms with van der Waals surface area (Å²) >= 11 is 0. The summed E-state index contributed by atoms with van der Waals surface area (Å²) in [5.41, 5.74) is 0. The molecule has 1 aliphatic rings. The summed E-state index contributed by atoms with van der Waals surface area (Å²) in [6, 6.07) is 2.31. The van der Waals surface area contributed by atoms with Gasteiger partial charge in [0.1, 0.15) is 16.7 Å². The predicted octanol–water partition coefficient (Wildman–Crippen LogP) is 0.562. The number of nitro groups is 1. The van der Waals surface area contributed by atoms with Crippen molar-refractivity contribution in [3.05, 3.63) is 28.0 Å². The monoisotopic (exact) mass is 270 g/mol. The SMILES string of the molecule is COC(=O)C1COCCN1Cc1ccc([N+](=O)[O-])o1. The Morgan fingerprint density at radius 1 is 1.63 bits per heavy atom. The van der Waals surface area contributed by atoms with Crippen molar-refractivity contribution in [3.8, 4) is 0 Å². The minimum Gasteiger partial charge on any atom is -0.468 e. The van der Waals surface area contributed by atoms with Crippen LogP contribution in [0.4, 0.5) is 5.88 Å². The molecule has 2 heterocycles. The van der Waals surface area contributed by atoms with E-state index in [2.05, 4.69) is 0 Å². The molecule has 0 saturated carbocycles. The van der Waals surface area contributed by atoms with Crippen LogP contribution >= 0.6 is 0 Å². The molecule has 0 aliphatic carbocycles. The van der Waals surface area contributed by atoms with Gasteiger partial charge in [0.25, 0.3) is 0 Å². The van der Waals surface area contributed by atoms with E-state index in [0.717, 1.165) is 0 Å². The molecule has 19 heavy (non-hydrogen) atoms. The minimum absolute atomic E-state index is 0.246. The van der Waals surface area contributed by atoms with Crippen LogP contribution in [0, 0.1) is 10.1 Å². The van der Waals surface area contributed by atoms with Crippen LogP contribution in [0.25, 0.3) is 0 Å². The van der Waals surface area contributed by atoms with Gasteiger partial charge in [0, 0.05) is 6.54 Å². The topological polar surface area (TPSA) is 95.0 Å². The Hall–Kier alpha value is -1.93. The van der Waals surface area contributed by atoms with Crippen LogP contribution in [0.15, 0.2) is 16.5 Å². The predicted molar refractivity (Wildman–Crippen MR) is 62.4 cm³/mol. The number of ether oxygens (including phenoxy) is 2. The van der Waals surface area contributed by atoms with Crippen molar-refractivity contribution in [2.75, 3.05) is 26.9 Å². The van der Waals surface area contributed by atoms with Crippen LogP contribution in [-0.4, -0.2) is 48.7 Å². The summed E-state index contributed by atoms with van der Waals surface area (Å²) in [6.45, 7) is 1.58. The van der Waals surface area contributed by atoms with E-state index in [1.807, 2.05) is 4.90 Å². The van der Waals surface area contributed by atoms with Crippen molar-refractivity contribution < 1.29 is 23.6 Å². The molecule has 0 N–H and O–H groups in total. The molecular weight excluding hydrogens is 256 g/mol. The maximum Gasteiger partial charge on any atom is 0.433 e. The molecule has 8 heteroatoms. The van der Waals surface area contributed by atoms with E-state index in [4.69, 9.17) is 13.9 Å². The fourth-order valence-electron chi connectivity index (χ4n) is 1.93. The van der Waals surface area contributed by atoms with E-state index in [-0.39, 0.29) is 18.5 Å². The van der Waals surface area contributed by atoms with E-state index < -0.39 is 11.0 Å². The molecule has 104 valence electrons. The van der Waals surface area contributed by atoms with Crippen molar-refractivity contribution in [1.29, 1.82) is 0 Å². The van der Waals surface area contributed by atoms with Gasteiger partial charge in [-0.25, -0.2) is 0 Å². The second-order valence-corrected chi connectivity index (χ2v) is 4.08. The average Bonchev–Trinajstić information content (AvgIpc) is 2.87. The lowest BCUT2D eigenvalue weighted by molar-refractivity contribution is -0.402. The Morgan fingerprint density at radius 2 is 2.42 bits per heavy atom. The van der Waals surface area contributed by atoms with Crippen molar-refractivity contribution in [3.63, 3.8) is 0 Å². The van der Waals surface area contributed by atoms with Gasteiger partial charge in [-0.05, 0) is 6.07 Å². The first-order valence-electron chi connectivity index (χ1n) is 5.74. The molecule has 1 aromatic rings. The first kappa shape index (κ1) is 13.5. The average molecular weight is 270 g/mol. The largest absolute Gasteiger partial charge is 0.468 e. The zero-order valence-corrected chi connectivity index (χ0v) is 10.4. The van der Waals surface area contributed by atoms with Crippen molar-refractivity contribution >= 4 is 11.9 Å². The number of rotatable bonds is 4. The quantitative estimate of drug-likeness (QED) is 0.448. The Labute approximate surface area is 109 Å². The summed E-state index contributed by atoms with van der Waals surface area (Å²) in [4.78, 5) is 23.3. The standard InChI is InChI=1S/C11H14N2O6/c1-17-11(14)9-7-18-5-4-12(9)6-8-2-3-10(19-8)13(15)16/h2-3,9H,4-7H2,1H3. The molecule has 1 aliphatic heterocycles. The number of esters is 1. The Morgan fingerprint density at radius 3 is 3.05 bits per heavy atom. The summed E-state index contributed by atoms with van der Waals surface area (Å²) in [6.07, 6.45) is 0. The number of nitrogens with zero attached hydrogens (tertiary/aromatic N) is 2. The molecular formula is C11H14N2O6. The van der Waals surface area contributed by atoms with E-state index >= 15 is 0 Å². The fourth-order valence-corrected chi connectivity index (χ4v) is 1.93. The molecule has 1 saturated heterocycles. The lowest BCUT2D eigenvalue weighted by Gasteiger charge is -2.32. The summed E-state index contributed by atoms with van der Waals surface area (Å²) in [7, 11) is 1.31. The minimum atomic E-state index is -0.597. The molecule has 1 fully saturated rings. The van der Waals surface area contributed by atoms with Crippen molar-refractivity contribution in [2.45, 2.75) is 12.6 Å². The molecule has 0 spiro atoms. The highest BCUT2D eigenvalue weighted by atomic mass is 16.6. The maximum absolute atomic E-state index is 11.6. The lowest BCUT2D eigenvalue weighted by atomic mass is 10.2. The zero-order chi connectivity index (χ0) is 13.8. The van der Waals surface area contributed by atoms with Crippen LogP contribution in [0.1, 0.15) is 5.76 Å². The first-order valence-corrected chi connectivity index (χ1v) is 5.74. The zero-order valence-electron chi connectivity index (χ0n) is 10.4. The van der Waals surface area contributed by atoms with Crippen LogP contribution in [0.2, 0.25) is 0 Å². The van der Waals surface area contributed by atoms with Gasteiger partial charge in [0.2, 0.25) is 0 Å². The Bertz CT molecular complexity index is 472. The molecule has 2 rings (SSSR count). The third-order valence-corrected chi connectivity index (χ3v) is 2.90. The molecule has 1 atom stereocenters. The normalized spacial score (nSPS) is 20.2. The molecule has 0 radical (unpaired) electrons. The summed E-state index contributed by atoms with van der Waals surface area (Å²) < 4.78 is 15.0. The van der Waals surface area contributed by atoms with Gasteiger partial charge in [-0.1, -0.05) is 0 Å². The molecule has 1 aromatic heterocycles. The second-order valence-electron chi connectivity index (χ2n) is 4.08. The van der Waals surface area contributed by atoms with E-state index in [1.165, 1.54) is 19.2 Å². The molecule has 0 bridgehead atoms. The van der Waals surface area contributed by atoms with E-state index in [0.29, 0.717) is 25.5 Å². The van der Waals surface area contributed by atoms with Gasteiger partial charge in [-0.15, -0.1) is 0 Å². The fraction of sp³-hybridized carbons (Fsp3) is 0.545. The molecule has 1 unspecified atom stereocenters. The van der Waals surface area contributed by atoms with Gasteiger partial charge in [0.05, 0.1) is 32.9 Å². The maximum atomic E-state index is 11.6.